The Morgan fingerprint density at radius 2 is 2.04 bits per heavy atom. The van der Waals surface area contributed by atoms with Crippen molar-refractivity contribution in [3.05, 3.63) is 58.0 Å². The maximum absolute atomic E-state index is 11.5. The van der Waals surface area contributed by atoms with Crippen LogP contribution in [0.5, 0.6) is 11.5 Å². The number of benzene rings is 2. The lowest BCUT2D eigenvalue weighted by Crippen LogP contribution is -1.96. The van der Waals surface area contributed by atoms with Crippen molar-refractivity contribution in [2.45, 2.75) is 5.22 Å². The first-order chi connectivity index (χ1) is 13.0. The number of hydrogen-bond acceptors (Lipinski definition) is 7. The van der Waals surface area contributed by atoms with Gasteiger partial charge in [0.2, 0.25) is 0 Å². The first-order valence-corrected chi connectivity index (χ1v) is 8.75. The number of hydrogen-bond donors (Lipinski definition) is 2. The molecule has 0 aliphatic rings. The van der Waals surface area contributed by atoms with Crippen molar-refractivity contribution in [1.82, 2.24) is 10.2 Å². The molecule has 0 unspecified atom stereocenters. The average Bonchev–Trinajstić information content (AvgIpc) is 3.11. The molecule has 0 atom stereocenters. The molecule has 0 aliphatic heterocycles. The molecule has 1 heterocycles. The third-order valence-corrected chi connectivity index (χ3v) is 4.52. The maximum atomic E-state index is 11.5. The molecule has 1 aromatic heterocycles. The molecule has 0 radical (unpaired) electrons. The molecule has 138 valence electrons. The van der Waals surface area contributed by atoms with Crippen LogP contribution < -0.4 is 4.74 Å². The fourth-order valence-electron chi connectivity index (χ4n) is 2.19. The monoisotopic (exact) mass is 404 g/mol. The van der Waals surface area contributed by atoms with Gasteiger partial charge in [-0.15, -0.1) is 10.2 Å². The highest BCUT2D eigenvalue weighted by Crippen LogP contribution is 2.35. The molecular weight excluding hydrogens is 392 g/mol. The molecule has 3 aromatic rings. The second-order valence-corrected chi connectivity index (χ2v) is 6.62. The van der Waals surface area contributed by atoms with E-state index >= 15 is 0 Å². The number of thioether (sulfide) groups is 1. The van der Waals surface area contributed by atoms with Gasteiger partial charge in [0.05, 0.1) is 12.7 Å². The fraction of sp³-hybridized carbons (Fsp3) is 0.0556. The highest BCUT2D eigenvalue weighted by molar-refractivity contribution is 8.03. The van der Waals surface area contributed by atoms with Crippen LogP contribution in [0.1, 0.15) is 5.56 Å². The van der Waals surface area contributed by atoms with Crippen LogP contribution >= 0.6 is 23.4 Å². The Balaban J connectivity index is 1.91. The minimum Gasteiger partial charge on any atom is -0.507 e. The smallest absolute Gasteiger partial charge is 0.342 e. The van der Waals surface area contributed by atoms with E-state index in [9.17, 15) is 15.0 Å². The van der Waals surface area contributed by atoms with E-state index in [0.717, 1.165) is 11.8 Å². The summed E-state index contributed by atoms with van der Waals surface area (Å²) in [5.74, 6) is -0.595. The van der Waals surface area contributed by atoms with Crippen LogP contribution in [0, 0.1) is 0 Å². The lowest BCUT2D eigenvalue weighted by Gasteiger charge is -2.04. The van der Waals surface area contributed by atoms with Crippen LogP contribution in [0.3, 0.4) is 0 Å². The quantitative estimate of drug-likeness (QED) is 0.462. The van der Waals surface area contributed by atoms with Crippen LogP contribution in [0.25, 0.3) is 17.5 Å². The van der Waals surface area contributed by atoms with Crippen molar-refractivity contribution in [3.8, 4) is 23.0 Å². The van der Waals surface area contributed by atoms with Gasteiger partial charge in [-0.05, 0) is 42.1 Å². The Morgan fingerprint density at radius 1 is 1.26 bits per heavy atom. The number of nitrogens with zero attached hydrogens (tertiary/aromatic N) is 2. The van der Waals surface area contributed by atoms with E-state index in [1.807, 2.05) is 0 Å². The third-order valence-electron chi connectivity index (χ3n) is 3.43. The molecule has 2 N–H and O–H groups in total. The molecule has 0 bridgehead atoms. The summed E-state index contributed by atoms with van der Waals surface area (Å²) in [6.45, 7) is 0. The Labute approximate surface area is 163 Å². The highest BCUT2D eigenvalue weighted by Gasteiger charge is 2.18. The van der Waals surface area contributed by atoms with Gasteiger partial charge >= 0.3 is 5.97 Å². The second-order valence-electron chi connectivity index (χ2n) is 5.19. The fourth-order valence-corrected chi connectivity index (χ4v) is 3.02. The van der Waals surface area contributed by atoms with Gasteiger partial charge in [-0.2, -0.15) is 0 Å². The number of aromatic nitrogens is 2. The molecule has 7 nitrogen and oxygen atoms in total. The van der Waals surface area contributed by atoms with Gasteiger partial charge in [0.1, 0.15) is 16.4 Å². The van der Waals surface area contributed by atoms with Gasteiger partial charge in [-0.1, -0.05) is 29.8 Å². The van der Waals surface area contributed by atoms with Crippen molar-refractivity contribution < 1.29 is 24.2 Å². The van der Waals surface area contributed by atoms with Crippen molar-refractivity contribution in [3.63, 3.8) is 0 Å². The number of halogens is 1. The van der Waals surface area contributed by atoms with E-state index < -0.39 is 5.97 Å². The number of phenolic OH excluding ortho intramolecular Hbond substituents is 1. The lowest BCUT2D eigenvalue weighted by atomic mass is 10.2. The van der Waals surface area contributed by atoms with Gasteiger partial charge in [-0.25, -0.2) is 4.79 Å². The normalized spacial score (nSPS) is 11.4. The summed E-state index contributed by atoms with van der Waals surface area (Å²) in [5, 5.41) is 27.5. The summed E-state index contributed by atoms with van der Waals surface area (Å²) in [6, 6.07) is 11.3. The number of methoxy groups -OCH3 is 1. The number of para-hydroxylation sites is 1. The molecule has 27 heavy (non-hydrogen) atoms. The van der Waals surface area contributed by atoms with E-state index in [4.69, 9.17) is 20.8 Å². The van der Waals surface area contributed by atoms with Crippen molar-refractivity contribution >= 4 is 35.4 Å². The molecule has 0 aliphatic carbocycles. The number of phenols is 1. The minimum atomic E-state index is -1.19. The van der Waals surface area contributed by atoms with Crippen molar-refractivity contribution in [2.75, 3.05) is 7.11 Å². The van der Waals surface area contributed by atoms with Crippen LogP contribution in [0.2, 0.25) is 5.02 Å². The van der Waals surface area contributed by atoms with Gasteiger partial charge in [0.25, 0.3) is 11.1 Å². The zero-order valence-electron chi connectivity index (χ0n) is 13.9. The average molecular weight is 405 g/mol. The van der Waals surface area contributed by atoms with Crippen LogP contribution in [0.15, 0.2) is 57.0 Å². The van der Waals surface area contributed by atoms with E-state index in [-0.39, 0.29) is 21.8 Å². The molecule has 0 amide bonds. The summed E-state index contributed by atoms with van der Waals surface area (Å²) in [6.07, 6.45) is 1.33. The molecule has 9 heteroatoms. The molecule has 2 aromatic carbocycles. The Kier molecular flexibility index (Phi) is 5.68. The van der Waals surface area contributed by atoms with Crippen LogP contribution in [-0.2, 0) is 4.79 Å². The zero-order chi connectivity index (χ0) is 19.4. The van der Waals surface area contributed by atoms with E-state index in [1.165, 1.54) is 19.3 Å². The Bertz CT molecular complexity index is 1020. The summed E-state index contributed by atoms with van der Waals surface area (Å²) in [7, 11) is 1.50. The molecular formula is C18H13ClN2O5S. The number of aliphatic carboxylic acids is 1. The number of carboxylic acid groups (broad SMARTS) is 1. The van der Waals surface area contributed by atoms with E-state index in [2.05, 4.69) is 10.2 Å². The molecule has 3 rings (SSSR count). The van der Waals surface area contributed by atoms with E-state index in [0.29, 0.717) is 21.9 Å². The van der Waals surface area contributed by atoms with Gasteiger partial charge in [-0.3, -0.25) is 0 Å². The third kappa shape index (κ3) is 4.42. The summed E-state index contributed by atoms with van der Waals surface area (Å²) in [4.78, 5) is 11.5. The largest absolute Gasteiger partial charge is 0.507 e. The van der Waals surface area contributed by atoms with Gasteiger partial charge in [0, 0.05) is 10.6 Å². The van der Waals surface area contributed by atoms with Crippen LogP contribution in [-0.4, -0.2) is 33.5 Å². The van der Waals surface area contributed by atoms with Crippen LogP contribution in [0.4, 0.5) is 0 Å². The first-order valence-electron chi connectivity index (χ1n) is 7.56. The summed E-state index contributed by atoms with van der Waals surface area (Å²) < 4.78 is 10.8. The van der Waals surface area contributed by atoms with Gasteiger partial charge < -0.3 is 19.4 Å². The maximum Gasteiger partial charge on any atom is 0.342 e. The van der Waals surface area contributed by atoms with Gasteiger partial charge in [0.15, 0.2) is 0 Å². The first kappa shape index (κ1) is 18.8. The topological polar surface area (TPSA) is 106 Å². The number of aromatic hydroxyl groups is 1. The zero-order valence-corrected chi connectivity index (χ0v) is 15.5. The standard InChI is InChI=1S/C18H13ClN2O5S/c1-25-14-7-6-11(19)9-12(14)16-20-21-18(26-16)27-15(17(23)24)8-10-4-2-3-5-13(10)22/h2-9,22H,1H3,(H,23,24)/b15-8-. The number of ether oxygens (including phenoxy) is 1. The molecule has 0 fully saturated rings. The SMILES string of the molecule is COc1ccc(Cl)cc1-c1nnc(S/C(=C\c2ccccc2O)C(=O)O)o1. The molecule has 0 saturated heterocycles. The van der Waals surface area contributed by atoms with Crippen molar-refractivity contribution in [1.29, 1.82) is 0 Å². The molecule has 0 saturated carbocycles. The molecule has 0 spiro atoms. The Morgan fingerprint density at radius 3 is 2.74 bits per heavy atom. The van der Waals surface area contributed by atoms with Crippen molar-refractivity contribution in [2.24, 2.45) is 0 Å². The summed E-state index contributed by atoms with van der Waals surface area (Å²) >= 11 is 6.77. The number of carbonyl (C=O) groups is 1. The predicted molar refractivity (Wildman–Crippen MR) is 101 cm³/mol. The summed E-state index contributed by atoms with van der Waals surface area (Å²) in [5.41, 5.74) is 0.851. The lowest BCUT2D eigenvalue weighted by molar-refractivity contribution is -0.131. The second kappa shape index (κ2) is 8.15. The minimum absolute atomic E-state index is 0.0242. The number of rotatable bonds is 6. The number of carboxylic acids is 1. The van der Waals surface area contributed by atoms with E-state index in [1.54, 1.807) is 36.4 Å². The predicted octanol–water partition coefficient (Wildman–Crippen LogP) is 4.32. The highest BCUT2D eigenvalue weighted by atomic mass is 35.5. The Hall–Kier alpha value is -2.97.